The second-order valence-electron chi connectivity index (χ2n) is 5.58. The predicted molar refractivity (Wildman–Crippen MR) is 94.7 cm³/mol. The van der Waals surface area contributed by atoms with Gasteiger partial charge in [-0.1, -0.05) is 0 Å². The van der Waals surface area contributed by atoms with Gasteiger partial charge in [0.2, 0.25) is 11.8 Å². The Morgan fingerprint density at radius 3 is 2.81 bits per heavy atom. The second kappa shape index (κ2) is 6.99. The van der Waals surface area contributed by atoms with Gasteiger partial charge in [-0.05, 0) is 37.3 Å². The summed E-state index contributed by atoms with van der Waals surface area (Å²) in [5.74, 6) is -0.975. The van der Waals surface area contributed by atoms with E-state index in [0.29, 0.717) is 23.8 Å². The van der Waals surface area contributed by atoms with Gasteiger partial charge in [-0.3, -0.25) is 5.10 Å². The molecule has 0 saturated carbocycles. The van der Waals surface area contributed by atoms with Gasteiger partial charge in [0.15, 0.2) is 17.2 Å². The van der Waals surface area contributed by atoms with E-state index >= 15 is 0 Å². The van der Waals surface area contributed by atoms with Crippen molar-refractivity contribution in [3.63, 3.8) is 0 Å². The summed E-state index contributed by atoms with van der Waals surface area (Å²) in [7, 11) is 0. The van der Waals surface area contributed by atoms with Crippen LogP contribution in [0.15, 0.2) is 48.7 Å². The first-order valence-electron chi connectivity index (χ1n) is 8.22. The minimum atomic E-state index is -0.807. The lowest BCUT2D eigenvalue weighted by molar-refractivity contribution is 0.328. The highest BCUT2D eigenvalue weighted by Gasteiger charge is 2.16. The molecule has 4 aromatic rings. The zero-order valence-electron chi connectivity index (χ0n) is 14.2. The maximum atomic E-state index is 13.8. The standard InChI is InChI=1S/C19H14F2N4O2/c1-2-26-19-13(4-3-9-22-19)17-12-6-8-16(23-18(12)25-24-17)27-15-7-5-11(20)10-14(15)21/h3-10H,2H2,1H3,(H,23,24,25). The summed E-state index contributed by atoms with van der Waals surface area (Å²) in [6.45, 7) is 2.35. The highest BCUT2D eigenvalue weighted by molar-refractivity contribution is 5.92. The van der Waals surface area contributed by atoms with Crippen molar-refractivity contribution in [2.45, 2.75) is 6.92 Å². The molecule has 0 atom stereocenters. The van der Waals surface area contributed by atoms with Crippen LogP contribution in [0.5, 0.6) is 17.5 Å². The first kappa shape index (κ1) is 16.9. The molecule has 4 rings (SSSR count). The molecule has 0 aliphatic carbocycles. The Morgan fingerprint density at radius 2 is 2.00 bits per heavy atom. The van der Waals surface area contributed by atoms with Crippen molar-refractivity contribution in [3.8, 4) is 28.8 Å². The lowest BCUT2D eigenvalue weighted by atomic mass is 10.1. The van der Waals surface area contributed by atoms with Crippen LogP contribution in [0, 0.1) is 11.6 Å². The van der Waals surface area contributed by atoms with Crippen molar-refractivity contribution in [2.75, 3.05) is 6.61 Å². The molecule has 0 amide bonds. The predicted octanol–water partition coefficient (Wildman–Crippen LogP) is 4.49. The molecule has 1 N–H and O–H groups in total. The molecule has 0 unspecified atom stereocenters. The van der Waals surface area contributed by atoms with Gasteiger partial charge in [0.1, 0.15) is 11.5 Å². The molecule has 0 aliphatic heterocycles. The lowest BCUT2D eigenvalue weighted by Crippen LogP contribution is -1.96. The normalized spacial score (nSPS) is 10.9. The topological polar surface area (TPSA) is 72.9 Å². The molecule has 6 nitrogen and oxygen atoms in total. The van der Waals surface area contributed by atoms with Crippen molar-refractivity contribution in [2.24, 2.45) is 0 Å². The molecule has 3 aromatic heterocycles. The van der Waals surface area contributed by atoms with Gasteiger partial charge in [-0.25, -0.2) is 13.8 Å². The average molecular weight is 368 g/mol. The number of aromatic amines is 1. The third-order valence-corrected chi connectivity index (χ3v) is 3.81. The molecule has 1 aromatic carbocycles. The number of halogens is 2. The van der Waals surface area contributed by atoms with Gasteiger partial charge < -0.3 is 9.47 Å². The molecule has 0 bridgehead atoms. The van der Waals surface area contributed by atoms with Crippen molar-refractivity contribution < 1.29 is 18.3 Å². The Morgan fingerprint density at radius 1 is 1.11 bits per heavy atom. The van der Waals surface area contributed by atoms with E-state index in [1.54, 1.807) is 24.4 Å². The van der Waals surface area contributed by atoms with Crippen LogP contribution >= 0.6 is 0 Å². The van der Waals surface area contributed by atoms with E-state index in [1.165, 1.54) is 6.07 Å². The van der Waals surface area contributed by atoms with Gasteiger partial charge >= 0.3 is 0 Å². The van der Waals surface area contributed by atoms with Crippen molar-refractivity contribution >= 4 is 11.0 Å². The van der Waals surface area contributed by atoms with E-state index in [-0.39, 0.29) is 11.6 Å². The van der Waals surface area contributed by atoms with Crippen LogP contribution in [-0.2, 0) is 0 Å². The zero-order chi connectivity index (χ0) is 18.8. The summed E-state index contributed by atoms with van der Waals surface area (Å²) in [4.78, 5) is 8.52. The maximum absolute atomic E-state index is 13.8. The van der Waals surface area contributed by atoms with Gasteiger partial charge in [0.05, 0.1) is 12.2 Å². The van der Waals surface area contributed by atoms with Crippen LogP contribution in [0.3, 0.4) is 0 Å². The SMILES string of the molecule is CCOc1ncccc1-c1n[nH]c2nc(Oc3ccc(F)cc3F)ccc12. The molecular weight excluding hydrogens is 354 g/mol. The molecule has 0 radical (unpaired) electrons. The summed E-state index contributed by atoms with van der Waals surface area (Å²) in [5, 5.41) is 7.86. The zero-order valence-corrected chi connectivity index (χ0v) is 14.2. The number of ether oxygens (including phenoxy) is 2. The summed E-state index contributed by atoms with van der Waals surface area (Å²) in [5.41, 5.74) is 1.82. The fourth-order valence-corrected chi connectivity index (χ4v) is 2.64. The number of nitrogens with one attached hydrogen (secondary N) is 1. The van der Waals surface area contributed by atoms with Crippen LogP contribution in [0.4, 0.5) is 8.78 Å². The van der Waals surface area contributed by atoms with Crippen molar-refractivity contribution in [3.05, 3.63) is 60.3 Å². The van der Waals surface area contributed by atoms with Gasteiger partial charge in [0, 0.05) is 23.7 Å². The highest BCUT2D eigenvalue weighted by Crippen LogP contribution is 2.33. The maximum Gasteiger partial charge on any atom is 0.222 e. The van der Waals surface area contributed by atoms with Crippen molar-refractivity contribution in [1.29, 1.82) is 0 Å². The number of rotatable bonds is 5. The fraction of sp³-hybridized carbons (Fsp3) is 0.105. The molecule has 27 heavy (non-hydrogen) atoms. The van der Waals surface area contributed by atoms with E-state index in [0.717, 1.165) is 23.1 Å². The first-order chi connectivity index (χ1) is 13.2. The van der Waals surface area contributed by atoms with E-state index in [9.17, 15) is 8.78 Å². The third kappa shape index (κ3) is 3.29. The Hall–Kier alpha value is -3.55. The molecule has 0 spiro atoms. The minimum Gasteiger partial charge on any atom is -0.477 e. The summed E-state index contributed by atoms with van der Waals surface area (Å²) in [6, 6.07) is 10.1. The molecule has 0 saturated heterocycles. The van der Waals surface area contributed by atoms with Crippen LogP contribution in [0.1, 0.15) is 6.92 Å². The van der Waals surface area contributed by atoms with Gasteiger partial charge in [0.25, 0.3) is 0 Å². The number of fused-ring (bicyclic) bond motifs is 1. The fourth-order valence-electron chi connectivity index (χ4n) is 2.64. The first-order valence-corrected chi connectivity index (χ1v) is 8.22. The van der Waals surface area contributed by atoms with Crippen molar-refractivity contribution in [1.82, 2.24) is 20.2 Å². The number of hydrogen-bond acceptors (Lipinski definition) is 5. The minimum absolute atomic E-state index is 0.117. The number of H-pyrrole nitrogens is 1. The smallest absolute Gasteiger partial charge is 0.222 e. The monoisotopic (exact) mass is 368 g/mol. The number of hydrogen-bond donors (Lipinski definition) is 1. The summed E-state index contributed by atoms with van der Waals surface area (Å²) < 4.78 is 37.7. The molecular formula is C19H14F2N4O2. The largest absolute Gasteiger partial charge is 0.477 e. The number of aromatic nitrogens is 4. The average Bonchev–Trinajstić information content (AvgIpc) is 3.08. The quantitative estimate of drug-likeness (QED) is 0.562. The molecule has 136 valence electrons. The second-order valence-corrected chi connectivity index (χ2v) is 5.58. The van der Waals surface area contributed by atoms with E-state index in [4.69, 9.17) is 9.47 Å². The Labute approximate surface area is 152 Å². The number of nitrogens with zero attached hydrogens (tertiary/aromatic N) is 3. The highest BCUT2D eigenvalue weighted by atomic mass is 19.1. The Bertz CT molecular complexity index is 1110. The number of benzene rings is 1. The van der Waals surface area contributed by atoms with Crippen LogP contribution in [-0.4, -0.2) is 26.8 Å². The van der Waals surface area contributed by atoms with E-state index in [1.807, 2.05) is 13.0 Å². The molecule has 0 aliphatic rings. The van der Waals surface area contributed by atoms with Crippen LogP contribution in [0.2, 0.25) is 0 Å². The Balaban J connectivity index is 1.70. The Kier molecular flexibility index (Phi) is 4.37. The van der Waals surface area contributed by atoms with Crippen LogP contribution < -0.4 is 9.47 Å². The summed E-state index contributed by atoms with van der Waals surface area (Å²) in [6.07, 6.45) is 1.64. The lowest BCUT2D eigenvalue weighted by Gasteiger charge is -2.07. The third-order valence-electron chi connectivity index (χ3n) is 3.81. The van der Waals surface area contributed by atoms with Gasteiger partial charge in [-0.15, -0.1) is 0 Å². The number of pyridine rings is 2. The summed E-state index contributed by atoms with van der Waals surface area (Å²) >= 11 is 0. The van der Waals surface area contributed by atoms with Crippen LogP contribution in [0.25, 0.3) is 22.3 Å². The molecule has 0 fully saturated rings. The molecule has 8 heteroatoms. The molecule has 3 heterocycles. The van der Waals surface area contributed by atoms with Gasteiger partial charge in [-0.2, -0.15) is 10.1 Å². The van der Waals surface area contributed by atoms with E-state index in [2.05, 4.69) is 20.2 Å². The van der Waals surface area contributed by atoms with E-state index < -0.39 is 11.6 Å².